The summed E-state index contributed by atoms with van der Waals surface area (Å²) in [4.78, 5) is 14.1. The van der Waals surface area contributed by atoms with Crippen LogP contribution < -0.4 is 10.0 Å². The Morgan fingerprint density at radius 3 is 2.68 bits per heavy atom. The van der Waals surface area contributed by atoms with Gasteiger partial charge in [-0.2, -0.15) is 0 Å². The van der Waals surface area contributed by atoms with E-state index in [1.54, 1.807) is 6.07 Å². The molecule has 2 N–H and O–H groups in total. The van der Waals surface area contributed by atoms with Crippen LogP contribution in [0.1, 0.15) is 36.5 Å². The third kappa shape index (κ3) is 3.78. The smallest absolute Gasteiger partial charge is 0.340 e. The molecule has 1 aromatic carbocycles. The lowest BCUT2D eigenvalue weighted by atomic mass is 10.0. The van der Waals surface area contributed by atoms with Crippen molar-refractivity contribution in [2.45, 2.75) is 31.1 Å². The van der Waals surface area contributed by atoms with Gasteiger partial charge in [-0.1, -0.05) is 6.92 Å². The van der Waals surface area contributed by atoms with Crippen LogP contribution in [0.4, 0.5) is 5.69 Å². The normalized spacial score (nSPS) is 19.6. The molecule has 7 heteroatoms. The molecule has 1 heterocycles. The van der Waals surface area contributed by atoms with Crippen molar-refractivity contribution in [1.82, 2.24) is 0 Å². The number of nitrogens with zero attached hydrogens (tertiary/aromatic N) is 1. The maximum Gasteiger partial charge on any atom is 0.340 e. The number of hydrogen-bond acceptors (Lipinski definition) is 5. The van der Waals surface area contributed by atoms with E-state index < -0.39 is 16.0 Å². The Kier molecular flexibility index (Phi) is 5.08. The van der Waals surface area contributed by atoms with Crippen LogP contribution in [0.3, 0.4) is 0 Å². The van der Waals surface area contributed by atoms with Crippen molar-refractivity contribution < 1.29 is 17.9 Å². The van der Waals surface area contributed by atoms with Crippen molar-refractivity contribution in [1.29, 1.82) is 0 Å². The van der Waals surface area contributed by atoms with E-state index in [1.165, 1.54) is 19.2 Å². The van der Waals surface area contributed by atoms with E-state index >= 15 is 0 Å². The molecule has 0 spiro atoms. The number of carbonyl (C=O) groups is 1. The Hall–Kier alpha value is -1.60. The summed E-state index contributed by atoms with van der Waals surface area (Å²) in [5, 5.41) is 5.15. The van der Waals surface area contributed by atoms with Gasteiger partial charge in [-0.05, 0) is 43.4 Å². The van der Waals surface area contributed by atoms with Gasteiger partial charge in [0.05, 0.1) is 23.3 Å². The maximum atomic E-state index is 12.0. The van der Waals surface area contributed by atoms with Crippen molar-refractivity contribution in [3.63, 3.8) is 0 Å². The van der Waals surface area contributed by atoms with Crippen LogP contribution in [0.15, 0.2) is 23.1 Å². The number of hydrogen-bond donors (Lipinski definition) is 1. The Bertz CT molecular complexity index is 658. The molecule has 122 valence electrons. The molecule has 0 unspecified atom stereocenters. The summed E-state index contributed by atoms with van der Waals surface area (Å²) >= 11 is 0. The molecule has 1 aromatic rings. The first-order valence-corrected chi connectivity index (χ1v) is 8.87. The molecule has 0 radical (unpaired) electrons. The second-order valence-corrected chi connectivity index (χ2v) is 7.30. The van der Waals surface area contributed by atoms with Gasteiger partial charge < -0.3 is 9.64 Å². The number of rotatable bonds is 3. The number of methoxy groups -OCH3 is 1. The van der Waals surface area contributed by atoms with Gasteiger partial charge in [-0.3, -0.25) is 0 Å². The fourth-order valence-corrected chi connectivity index (χ4v) is 3.29. The Balaban J connectivity index is 2.43. The van der Waals surface area contributed by atoms with E-state index in [-0.39, 0.29) is 10.5 Å². The average Bonchev–Trinajstić information content (AvgIpc) is 2.69. The van der Waals surface area contributed by atoms with Gasteiger partial charge in [-0.15, -0.1) is 0 Å². The lowest BCUT2D eigenvalue weighted by molar-refractivity contribution is 0.0601. The number of benzene rings is 1. The number of sulfonamides is 1. The summed E-state index contributed by atoms with van der Waals surface area (Å²) in [5.74, 6) is 0.0908. The Morgan fingerprint density at radius 2 is 2.05 bits per heavy atom. The minimum atomic E-state index is -3.86. The zero-order chi connectivity index (χ0) is 16.3. The van der Waals surface area contributed by atoms with Crippen LogP contribution in [-0.4, -0.2) is 34.6 Å². The molecule has 1 atom stereocenters. The van der Waals surface area contributed by atoms with Crippen LogP contribution in [0.25, 0.3) is 0 Å². The quantitative estimate of drug-likeness (QED) is 0.855. The van der Waals surface area contributed by atoms with Crippen molar-refractivity contribution in [2.75, 3.05) is 25.1 Å². The average molecular weight is 326 g/mol. The van der Waals surface area contributed by atoms with E-state index in [4.69, 9.17) is 9.88 Å². The largest absolute Gasteiger partial charge is 0.465 e. The molecule has 0 aromatic heterocycles. The summed E-state index contributed by atoms with van der Waals surface area (Å²) in [5.41, 5.74) is 0.942. The van der Waals surface area contributed by atoms with Crippen LogP contribution >= 0.6 is 0 Å². The lowest BCUT2D eigenvalue weighted by Crippen LogP contribution is -2.27. The van der Waals surface area contributed by atoms with E-state index in [0.717, 1.165) is 32.4 Å². The number of anilines is 1. The van der Waals surface area contributed by atoms with E-state index in [0.29, 0.717) is 11.6 Å². The fourth-order valence-electron chi connectivity index (χ4n) is 2.75. The molecule has 0 aliphatic carbocycles. The molecular formula is C15H22N2O4S. The highest BCUT2D eigenvalue weighted by molar-refractivity contribution is 7.89. The number of carbonyl (C=O) groups excluding carboxylic acids is 1. The molecule has 1 aliphatic heterocycles. The van der Waals surface area contributed by atoms with Crippen molar-refractivity contribution in [3.05, 3.63) is 23.8 Å². The summed E-state index contributed by atoms with van der Waals surface area (Å²) in [7, 11) is -2.58. The van der Waals surface area contributed by atoms with Crippen molar-refractivity contribution >= 4 is 21.7 Å². The third-order valence-corrected chi connectivity index (χ3v) is 4.97. The lowest BCUT2D eigenvalue weighted by Gasteiger charge is -2.25. The number of primary sulfonamides is 1. The van der Waals surface area contributed by atoms with Crippen LogP contribution in [0, 0.1) is 5.92 Å². The van der Waals surface area contributed by atoms with E-state index in [1.807, 2.05) is 0 Å². The van der Waals surface area contributed by atoms with Gasteiger partial charge in [0.2, 0.25) is 10.0 Å². The van der Waals surface area contributed by atoms with Crippen molar-refractivity contribution in [3.8, 4) is 0 Å². The predicted molar refractivity (Wildman–Crippen MR) is 84.4 cm³/mol. The monoisotopic (exact) mass is 326 g/mol. The number of esters is 1. The number of nitrogens with two attached hydrogens (primary N) is 1. The molecule has 0 amide bonds. The zero-order valence-electron chi connectivity index (χ0n) is 12.9. The molecule has 0 saturated carbocycles. The summed E-state index contributed by atoms with van der Waals surface area (Å²) in [6, 6.07) is 4.37. The molecule has 1 fully saturated rings. The highest BCUT2D eigenvalue weighted by atomic mass is 32.2. The van der Waals surface area contributed by atoms with Gasteiger partial charge >= 0.3 is 5.97 Å². The molecule has 22 heavy (non-hydrogen) atoms. The van der Waals surface area contributed by atoms with Crippen molar-refractivity contribution in [2.24, 2.45) is 11.1 Å². The van der Waals surface area contributed by atoms with Gasteiger partial charge in [-0.25, -0.2) is 18.4 Å². The summed E-state index contributed by atoms with van der Waals surface area (Å²) in [6.07, 6.45) is 3.23. The second kappa shape index (κ2) is 6.66. The molecule has 1 aliphatic rings. The minimum absolute atomic E-state index is 0.0835. The van der Waals surface area contributed by atoms with Gasteiger partial charge in [0.1, 0.15) is 0 Å². The topological polar surface area (TPSA) is 89.7 Å². The SMILES string of the molecule is COC(=O)c1cc(S(N)(=O)=O)ccc1N1CCC[C@H](C)CC1. The van der Waals surface area contributed by atoms with Crippen LogP contribution in [0.2, 0.25) is 0 Å². The van der Waals surface area contributed by atoms with Gasteiger partial charge in [0.15, 0.2) is 0 Å². The molecule has 2 rings (SSSR count). The molecular weight excluding hydrogens is 304 g/mol. The standard InChI is InChI=1S/C15H22N2O4S/c1-11-4-3-8-17(9-7-11)14-6-5-12(22(16,19)20)10-13(14)15(18)21-2/h5-6,10-11H,3-4,7-9H2,1-2H3,(H2,16,19,20)/t11-/m0/s1. The minimum Gasteiger partial charge on any atom is -0.465 e. The molecule has 0 bridgehead atoms. The van der Waals surface area contributed by atoms with Gasteiger partial charge in [0, 0.05) is 13.1 Å². The maximum absolute atomic E-state index is 12.0. The third-order valence-electron chi connectivity index (χ3n) is 4.06. The first-order valence-electron chi connectivity index (χ1n) is 7.33. The summed E-state index contributed by atoms with van der Waals surface area (Å²) < 4.78 is 27.8. The first kappa shape index (κ1) is 16.8. The Morgan fingerprint density at radius 1 is 1.32 bits per heavy atom. The second-order valence-electron chi connectivity index (χ2n) is 5.74. The first-order chi connectivity index (χ1) is 10.3. The van der Waals surface area contributed by atoms with E-state index in [9.17, 15) is 13.2 Å². The highest BCUT2D eigenvalue weighted by Gasteiger charge is 2.22. The van der Waals surface area contributed by atoms with Crippen LogP contribution in [-0.2, 0) is 14.8 Å². The fraction of sp³-hybridized carbons (Fsp3) is 0.533. The molecule has 1 saturated heterocycles. The Labute approximate surface area is 131 Å². The predicted octanol–water partition coefficient (Wildman–Crippen LogP) is 1.75. The number of ether oxygens (including phenoxy) is 1. The van der Waals surface area contributed by atoms with Crippen LogP contribution in [0.5, 0.6) is 0 Å². The molecule has 6 nitrogen and oxygen atoms in total. The zero-order valence-corrected chi connectivity index (χ0v) is 13.7. The highest BCUT2D eigenvalue weighted by Crippen LogP contribution is 2.28. The summed E-state index contributed by atoms with van der Waals surface area (Å²) in [6.45, 7) is 3.89. The van der Waals surface area contributed by atoms with Gasteiger partial charge in [0.25, 0.3) is 0 Å². The van der Waals surface area contributed by atoms with E-state index in [2.05, 4.69) is 11.8 Å².